The van der Waals surface area contributed by atoms with Crippen LogP contribution in [0.5, 0.6) is 17.2 Å². The average Bonchev–Trinajstić information content (AvgIpc) is 2.91. The van der Waals surface area contributed by atoms with Gasteiger partial charge >= 0.3 is 18.1 Å². The van der Waals surface area contributed by atoms with Crippen molar-refractivity contribution in [3.63, 3.8) is 0 Å². The smallest absolute Gasteiger partial charge is 0.417 e. The summed E-state index contributed by atoms with van der Waals surface area (Å²) in [5.41, 5.74) is 0.403. The predicted molar refractivity (Wildman–Crippen MR) is 105 cm³/mol. The van der Waals surface area contributed by atoms with Crippen molar-refractivity contribution in [3.8, 4) is 17.2 Å². The molecule has 0 spiro atoms. The summed E-state index contributed by atoms with van der Waals surface area (Å²) in [5.74, 6) is -2.21. The number of nitrogens with zero attached hydrogens (tertiary/aromatic N) is 1. The van der Waals surface area contributed by atoms with Crippen LogP contribution in [-0.2, 0) is 26.9 Å². The number of carbonyl (C=O) groups is 2. The molecule has 11 heteroatoms. The Balaban J connectivity index is 1.95. The van der Waals surface area contributed by atoms with E-state index < -0.39 is 29.8 Å². The maximum Gasteiger partial charge on any atom is 0.417 e. The zero-order valence-corrected chi connectivity index (χ0v) is 17.1. The van der Waals surface area contributed by atoms with Gasteiger partial charge in [0.25, 0.3) is 0 Å². The van der Waals surface area contributed by atoms with E-state index in [4.69, 9.17) is 24.2 Å². The molecular weight excluding hydrogens is 435 g/mol. The number of hydrogen-bond acceptors (Lipinski definition) is 7. The number of esters is 1. The molecule has 1 aliphatic rings. The molecule has 0 saturated carbocycles. The van der Waals surface area contributed by atoms with Gasteiger partial charge in [0, 0.05) is 6.07 Å². The molecule has 1 unspecified atom stereocenters. The Kier molecular flexibility index (Phi) is 6.66. The monoisotopic (exact) mass is 455 g/mol. The lowest BCUT2D eigenvalue weighted by Gasteiger charge is -2.27. The Labute approximate surface area is 181 Å². The number of rotatable bonds is 5. The van der Waals surface area contributed by atoms with E-state index in [1.54, 1.807) is 12.1 Å². The third kappa shape index (κ3) is 5.16. The molecule has 8 nitrogen and oxygen atoms in total. The first kappa shape index (κ1) is 23.0. The standard InChI is InChI=1S/C21H20F3NO7/c1-29-17-9-12-3-6-15(31-20(28)19(26)27)11-25(16(12)10-18(17)30-2)32-14-7-4-13(5-8-14)21(22,23)24/h4-5,7-10,15H,3,6,11H2,1-2H3,(H,26,27). The van der Waals surface area contributed by atoms with E-state index in [2.05, 4.69) is 0 Å². The maximum atomic E-state index is 12.8. The van der Waals surface area contributed by atoms with E-state index in [1.165, 1.54) is 19.3 Å². The highest BCUT2D eigenvalue weighted by Crippen LogP contribution is 2.38. The normalized spacial score (nSPS) is 15.9. The van der Waals surface area contributed by atoms with Crippen molar-refractivity contribution < 1.29 is 46.9 Å². The number of anilines is 1. The predicted octanol–water partition coefficient (Wildman–Crippen LogP) is 3.47. The zero-order chi connectivity index (χ0) is 23.5. The minimum absolute atomic E-state index is 0.0669. The second-order valence-electron chi connectivity index (χ2n) is 6.88. The molecule has 0 radical (unpaired) electrons. The summed E-state index contributed by atoms with van der Waals surface area (Å²) in [6, 6.07) is 7.41. The highest BCUT2D eigenvalue weighted by Gasteiger charge is 2.31. The van der Waals surface area contributed by atoms with Crippen molar-refractivity contribution in [2.24, 2.45) is 0 Å². The third-order valence-electron chi connectivity index (χ3n) is 4.80. The molecule has 0 aliphatic carbocycles. The third-order valence-corrected chi connectivity index (χ3v) is 4.80. The average molecular weight is 455 g/mol. The summed E-state index contributed by atoms with van der Waals surface area (Å²) in [7, 11) is 2.91. The summed E-state index contributed by atoms with van der Waals surface area (Å²) in [4.78, 5) is 28.3. The van der Waals surface area contributed by atoms with Crippen molar-refractivity contribution >= 4 is 17.6 Å². The second-order valence-corrected chi connectivity index (χ2v) is 6.88. The summed E-state index contributed by atoms with van der Waals surface area (Å²) in [5, 5.41) is 10.2. The number of aliphatic carboxylic acids is 1. The lowest BCUT2D eigenvalue weighted by Crippen LogP contribution is -2.37. The molecule has 2 aromatic carbocycles. The zero-order valence-electron chi connectivity index (χ0n) is 17.1. The largest absolute Gasteiger partial charge is 0.493 e. The van der Waals surface area contributed by atoms with Gasteiger partial charge in [-0.2, -0.15) is 13.2 Å². The van der Waals surface area contributed by atoms with Crippen LogP contribution < -0.4 is 19.4 Å². The molecule has 0 bridgehead atoms. The van der Waals surface area contributed by atoms with Crippen LogP contribution in [0.1, 0.15) is 17.5 Å². The van der Waals surface area contributed by atoms with Crippen LogP contribution in [0.25, 0.3) is 0 Å². The van der Waals surface area contributed by atoms with Crippen molar-refractivity contribution in [1.29, 1.82) is 0 Å². The van der Waals surface area contributed by atoms with Crippen LogP contribution in [0.2, 0.25) is 0 Å². The Bertz CT molecular complexity index is 992. The van der Waals surface area contributed by atoms with E-state index in [1.807, 2.05) is 0 Å². The van der Waals surface area contributed by atoms with Gasteiger partial charge in [-0.1, -0.05) is 0 Å². The molecule has 0 amide bonds. The molecular formula is C21H20F3NO7. The summed E-state index contributed by atoms with van der Waals surface area (Å²) < 4.78 is 54.2. The lowest BCUT2D eigenvalue weighted by molar-refractivity contribution is -0.167. The fourth-order valence-electron chi connectivity index (χ4n) is 3.25. The number of alkyl halides is 3. The fraction of sp³-hybridized carbons (Fsp3) is 0.333. The van der Waals surface area contributed by atoms with E-state index in [9.17, 15) is 22.8 Å². The molecule has 2 aromatic rings. The SMILES string of the molecule is COc1cc2c(cc1OC)N(Oc1ccc(C(F)(F)F)cc1)CC(OC(=O)C(=O)O)CC2. The van der Waals surface area contributed by atoms with Gasteiger partial charge in [0.05, 0.1) is 32.0 Å². The maximum absolute atomic E-state index is 12.8. The first-order chi connectivity index (χ1) is 15.1. The van der Waals surface area contributed by atoms with Crippen LogP contribution in [0.3, 0.4) is 0 Å². The molecule has 1 heterocycles. The van der Waals surface area contributed by atoms with Gasteiger partial charge < -0.3 is 24.2 Å². The van der Waals surface area contributed by atoms with Crippen molar-refractivity contribution in [2.45, 2.75) is 25.1 Å². The number of ether oxygens (including phenoxy) is 3. The fourth-order valence-corrected chi connectivity index (χ4v) is 3.25. The Morgan fingerprint density at radius 3 is 2.25 bits per heavy atom. The van der Waals surface area contributed by atoms with Crippen LogP contribution in [0, 0.1) is 0 Å². The number of carbonyl (C=O) groups excluding carboxylic acids is 1. The van der Waals surface area contributed by atoms with Gasteiger partial charge in [0.1, 0.15) is 6.10 Å². The molecule has 0 saturated heterocycles. The van der Waals surface area contributed by atoms with Gasteiger partial charge in [-0.15, -0.1) is 0 Å². The highest BCUT2D eigenvalue weighted by atomic mass is 19.4. The van der Waals surface area contributed by atoms with Crippen LogP contribution in [0.4, 0.5) is 18.9 Å². The van der Waals surface area contributed by atoms with Gasteiger partial charge in [0.15, 0.2) is 17.2 Å². The molecule has 172 valence electrons. The van der Waals surface area contributed by atoms with E-state index in [0.29, 0.717) is 23.6 Å². The van der Waals surface area contributed by atoms with Crippen LogP contribution in [-0.4, -0.2) is 43.9 Å². The first-order valence-electron chi connectivity index (χ1n) is 9.44. The number of aryl methyl sites for hydroxylation is 1. The lowest BCUT2D eigenvalue weighted by atomic mass is 10.1. The summed E-state index contributed by atoms with van der Waals surface area (Å²) in [6.07, 6.45) is -4.67. The molecule has 0 fully saturated rings. The van der Waals surface area contributed by atoms with Crippen molar-refractivity contribution in [3.05, 3.63) is 47.5 Å². The number of benzene rings is 2. The number of halogens is 3. The minimum Gasteiger partial charge on any atom is -0.493 e. The van der Waals surface area contributed by atoms with Crippen molar-refractivity contribution in [2.75, 3.05) is 25.8 Å². The van der Waals surface area contributed by atoms with Gasteiger partial charge in [-0.25, -0.2) is 14.7 Å². The number of methoxy groups -OCH3 is 2. The Morgan fingerprint density at radius 2 is 1.69 bits per heavy atom. The topological polar surface area (TPSA) is 94.5 Å². The molecule has 1 N–H and O–H groups in total. The Hall–Kier alpha value is -3.63. The highest BCUT2D eigenvalue weighted by molar-refractivity contribution is 6.28. The number of hydrogen-bond donors (Lipinski definition) is 1. The minimum atomic E-state index is -4.49. The molecule has 32 heavy (non-hydrogen) atoms. The number of fused-ring (bicyclic) bond motifs is 1. The molecule has 1 atom stereocenters. The number of hydroxylamine groups is 1. The first-order valence-corrected chi connectivity index (χ1v) is 9.44. The van der Waals surface area contributed by atoms with Gasteiger partial charge in [0.2, 0.25) is 0 Å². The summed E-state index contributed by atoms with van der Waals surface area (Å²) >= 11 is 0. The molecule has 0 aromatic heterocycles. The quantitative estimate of drug-likeness (QED) is 0.541. The van der Waals surface area contributed by atoms with Crippen LogP contribution in [0.15, 0.2) is 36.4 Å². The number of carboxylic acid groups (broad SMARTS) is 1. The molecule has 1 aliphatic heterocycles. The summed E-state index contributed by atoms with van der Waals surface area (Å²) in [6.45, 7) is -0.0669. The van der Waals surface area contributed by atoms with E-state index in [0.717, 1.165) is 29.8 Å². The van der Waals surface area contributed by atoms with Crippen LogP contribution >= 0.6 is 0 Å². The van der Waals surface area contributed by atoms with Crippen molar-refractivity contribution in [1.82, 2.24) is 0 Å². The Morgan fingerprint density at radius 1 is 1.06 bits per heavy atom. The number of carboxylic acids is 1. The second kappa shape index (κ2) is 9.25. The van der Waals surface area contributed by atoms with Gasteiger partial charge in [-0.05, 0) is 48.7 Å². The molecule has 3 rings (SSSR count). The van der Waals surface area contributed by atoms with E-state index >= 15 is 0 Å². The van der Waals surface area contributed by atoms with Gasteiger partial charge in [-0.3, -0.25) is 0 Å². The van der Waals surface area contributed by atoms with E-state index in [-0.39, 0.29) is 18.7 Å².